The molecule has 1 heterocycles. The fraction of sp³-hybridized carbons (Fsp3) is 0.429. The van der Waals surface area contributed by atoms with Gasteiger partial charge in [-0.05, 0) is 23.8 Å². The van der Waals surface area contributed by atoms with E-state index in [1.165, 1.54) is 7.11 Å². The van der Waals surface area contributed by atoms with Crippen molar-refractivity contribution in [3.05, 3.63) is 23.8 Å². The molecule has 1 aliphatic heterocycles. The van der Waals surface area contributed by atoms with Crippen LogP contribution in [0.1, 0.15) is 5.56 Å². The molecular weight excluding hydrogens is 274 g/mol. The highest BCUT2D eigenvalue weighted by atomic mass is 16.5. The number of nitrogens with two attached hydrogens (primary N) is 1. The molecule has 0 spiro atoms. The number of rotatable bonds is 6. The molecule has 0 radical (unpaired) electrons. The van der Waals surface area contributed by atoms with E-state index in [-0.39, 0.29) is 6.61 Å². The van der Waals surface area contributed by atoms with Gasteiger partial charge in [-0.25, -0.2) is 0 Å². The molecule has 2 rings (SSSR count). The van der Waals surface area contributed by atoms with E-state index >= 15 is 0 Å². The fourth-order valence-corrected chi connectivity index (χ4v) is 1.85. The summed E-state index contributed by atoms with van der Waals surface area (Å²) in [6, 6.07) is 5.35. The molecule has 0 saturated carbocycles. The third-order valence-corrected chi connectivity index (χ3v) is 2.92. The molecule has 0 atom stereocenters. The van der Waals surface area contributed by atoms with E-state index in [4.69, 9.17) is 19.9 Å². The predicted molar refractivity (Wildman–Crippen MR) is 77.7 cm³/mol. The van der Waals surface area contributed by atoms with Gasteiger partial charge >= 0.3 is 0 Å². The maximum absolute atomic E-state index is 10.7. The highest BCUT2D eigenvalue weighted by Gasteiger charge is 2.08. The van der Waals surface area contributed by atoms with E-state index in [1.807, 2.05) is 11.1 Å². The Morgan fingerprint density at radius 3 is 2.86 bits per heavy atom. The first kappa shape index (κ1) is 15.1. The van der Waals surface area contributed by atoms with E-state index in [2.05, 4.69) is 5.10 Å². The number of hydrogen-bond donors (Lipinski definition) is 1. The van der Waals surface area contributed by atoms with Crippen LogP contribution in [0.5, 0.6) is 11.5 Å². The summed E-state index contributed by atoms with van der Waals surface area (Å²) in [5, 5.41) is 6.34. The standard InChI is InChI=1S/C14H19N3O4/c1-19-13-8-11(2-3-12(13)21-10-14(15)18)9-16-17-4-6-20-7-5-17/h2-3,8-9H,4-7,10H2,1H3,(H2,15,18)/b16-9+. The Labute approximate surface area is 123 Å². The minimum atomic E-state index is -0.532. The number of methoxy groups -OCH3 is 1. The summed E-state index contributed by atoms with van der Waals surface area (Å²) in [7, 11) is 1.54. The highest BCUT2D eigenvalue weighted by molar-refractivity contribution is 5.81. The first-order valence-electron chi connectivity index (χ1n) is 6.65. The first-order valence-corrected chi connectivity index (χ1v) is 6.65. The van der Waals surface area contributed by atoms with Crippen LogP contribution < -0.4 is 15.2 Å². The van der Waals surface area contributed by atoms with Crippen LogP contribution in [0.4, 0.5) is 0 Å². The van der Waals surface area contributed by atoms with Crippen molar-refractivity contribution in [1.29, 1.82) is 0 Å². The molecule has 1 aromatic carbocycles. The minimum absolute atomic E-state index is 0.183. The van der Waals surface area contributed by atoms with Crippen molar-refractivity contribution in [2.75, 3.05) is 40.0 Å². The molecule has 0 bridgehead atoms. The van der Waals surface area contributed by atoms with Crippen LogP contribution in [0, 0.1) is 0 Å². The van der Waals surface area contributed by atoms with E-state index in [9.17, 15) is 4.79 Å². The number of hydrazone groups is 1. The monoisotopic (exact) mass is 293 g/mol. The van der Waals surface area contributed by atoms with E-state index < -0.39 is 5.91 Å². The number of primary amides is 1. The Morgan fingerprint density at radius 1 is 1.43 bits per heavy atom. The lowest BCUT2D eigenvalue weighted by molar-refractivity contribution is -0.119. The zero-order valence-corrected chi connectivity index (χ0v) is 11.9. The largest absolute Gasteiger partial charge is 0.493 e. The van der Waals surface area contributed by atoms with Gasteiger partial charge in [0, 0.05) is 0 Å². The zero-order valence-electron chi connectivity index (χ0n) is 11.9. The average Bonchev–Trinajstić information content (AvgIpc) is 2.52. The fourth-order valence-electron chi connectivity index (χ4n) is 1.85. The van der Waals surface area contributed by atoms with Crippen LogP contribution in [0.25, 0.3) is 0 Å². The van der Waals surface area contributed by atoms with Crippen molar-refractivity contribution < 1.29 is 19.0 Å². The number of amides is 1. The lowest BCUT2D eigenvalue weighted by atomic mass is 10.2. The van der Waals surface area contributed by atoms with E-state index in [0.29, 0.717) is 24.7 Å². The smallest absolute Gasteiger partial charge is 0.255 e. The second-order valence-corrected chi connectivity index (χ2v) is 4.48. The van der Waals surface area contributed by atoms with Crippen LogP contribution >= 0.6 is 0 Å². The molecule has 7 heteroatoms. The van der Waals surface area contributed by atoms with Gasteiger partial charge in [-0.2, -0.15) is 5.10 Å². The van der Waals surface area contributed by atoms with Crippen molar-refractivity contribution >= 4 is 12.1 Å². The van der Waals surface area contributed by atoms with Crippen LogP contribution in [0.3, 0.4) is 0 Å². The summed E-state index contributed by atoms with van der Waals surface area (Å²) in [4.78, 5) is 10.7. The molecule has 0 unspecified atom stereocenters. The quantitative estimate of drug-likeness (QED) is 0.759. The van der Waals surface area contributed by atoms with Crippen molar-refractivity contribution in [3.63, 3.8) is 0 Å². The Kier molecular flexibility index (Phi) is 5.39. The van der Waals surface area contributed by atoms with Crippen molar-refractivity contribution in [2.45, 2.75) is 0 Å². The summed E-state index contributed by atoms with van der Waals surface area (Å²) < 4.78 is 15.8. The summed E-state index contributed by atoms with van der Waals surface area (Å²) in [6.07, 6.45) is 1.76. The summed E-state index contributed by atoms with van der Waals surface area (Å²) in [5.41, 5.74) is 5.93. The molecule has 7 nitrogen and oxygen atoms in total. The number of benzene rings is 1. The van der Waals surface area contributed by atoms with Crippen LogP contribution in [-0.2, 0) is 9.53 Å². The van der Waals surface area contributed by atoms with Crippen molar-refractivity contribution in [1.82, 2.24) is 5.01 Å². The zero-order chi connectivity index (χ0) is 15.1. The Morgan fingerprint density at radius 2 is 2.19 bits per heavy atom. The average molecular weight is 293 g/mol. The third kappa shape index (κ3) is 4.64. The molecule has 1 amide bonds. The van der Waals surface area contributed by atoms with Crippen molar-refractivity contribution in [2.24, 2.45) is 10.8 Å². The van der Waals surface area contributed by atoms with Crippen LogP contribution in [0.2, 0.25) is 0 Å². The number of morpholine rings is 1. The molecular formula is C14H19N3O4. The Hall–Kier alpha value is -2.28. The molecule has 1 saturated heterocycles. The number of carbonyl (C=O) groups excluding carboxylic acids is 1. The lowest BCUT2D eigenvalue weighted by Gasteiger charge is -2.23. The number of ether oxygens (including phenoxy) is 3. The van der Waals surface area contributed by atoms with Gasteiger partial charge in [0.2, 0.25) is 0 Å². The lowest BCUT2D eigenvalue weighted by Crippen LogP contribution is -2.32. The molecule has 1 aromatic rings. The predicted octanol–water partition coefficient (Wildman–Crippen LogP) is 0.225. The van der Waals surface area contributed by atoms with Gasteiger partial charge in [-0.3, -0.25) is 9.80 Å². The maximum atomic E-state index is 10.7. The first-order chi connectivity index (χ1) is 10.2. The van der Waals surface area contributed by atoms with Gasteiger partial charge in [-0.15, -0.1) is 0 Å². The summed E-state index contributed by atoms with van der Waals surface area (Å²) in [6.45, 7) is 2.78. The molecule has 0 aromatic heterocycles. The summed E-state index contributed by atoms with van der Waals surface area (Å²) in [5.74, 6) is 0.469. The molecule has 114 valence electrons. The maximum Gasteiger partial charge on any atom is 0.255 e. The van der Waals surface area contributed by atoms with E-state index in [1.54, 1.807) is 18.3 Å². The van der Waals surface area contributed by atoms with Gasteiger partial charge < -0.3 is 19.9 Å². The van der Waals surface area contributed by atoms with Gasteiger partial charge in [0.15, 0.2) is 18.1 Å². The Bertz CT molecular complexity index is 513. The van der Waals surface area contributed by atoms with Crippen LogP contribution in [-0.4, -0.2) is 57.2 Å². The van der Waals surface area contributed by atoms with Gasteiger partial charge in [0.05, 0.1) is 39.6 Å². The van der Waals surface area contributed by atoms with Gasteiger partial charge in [-0.1, -0.05) is 0 Å². The minimum Gasteiger partial charge on any atom is -0.493 e. The Balaban J connectivity index is 2.03. The molecule has 21 heavy (non-hydrogen) atoms. The number of carbonyl (C=O) groups is 1. The van der Waals surface area contributed by atoms with Gasteiger partial charge in [0.1, 0.15) is 0 Å². The van der Waals surface area contributed by atoms with Gasteiger partial charge in [0.25, 0.3) is 5.91 Å². The normalized spacial score (nSPS) is 15.2. The van der Waals surface area contributed by atoms with Crippen molar-refractivity contribution in [3.8, 4) is 11.5 Å². The summed E-state index contributed by atoms with van der Waals surface area (Å²) >= 11 is 0. The highest BCUT2D eigenvalue weighted by Crippen LogP contribution is 2.27. The second-order valence-electron chi connectivity index (χ2n) is 4.48. The molecule has 0 aliphatic carbocycles. The second kappa shape index (κ2) is 7.49. The van der Waals surface area contributed by atoms with E-state index in [0.717, 1.165) is 18.7 Å². The molecule has 2 N–H and O–H groups in total. The molecule has 1 aliphatic rings. The number of nitrogens with zero attached hydrogens (tertiary/aromatic N) is 2. The SMILES string of the molecule is COc1cc(/C=N/N2CCOCC2)ccc1OCC(N)=O. The van der Waals surface area contributed by atoms with Crippen LogP contribution in [0.15, 0.2) is 23.3 Å². The number of hydrogen-bond acceptors (Lipinski definition) is 6. The molecule has 1 fully saturated rings. The topological polar surface area (TPSA) is 86.4 Å². The third-order valence-electron chi connectivity index (χ3n) is 2.92.